The summed E-state index contributed by atoms with van der Waals surface area (Å²) in [5, 5.41) is 7.75. The summed E-state index contributed by atoms with van der Waals surface area (Å²) in [6.07, 6.45) is 5.34. The van der Waals surface area contributed by atoms with Crippen LogP contribution in [0.1, 0.15) is 18.5 Å². The number of rotatable bonds is 4. The Morgan fingerprint density at radius 1 is 1.18 bits per heavy atom. The molecule has 2 aliphatic rings. The van der Waals surface area contributed by atoms with Crippen LogP contribution in [-0.4, -0.2) is 67.2 Å². The number of hydrogen-bond acceptors (Lipinski definition) is 8. The van der Waals surface area contributed by atoms with Crippen LogP contribution in [0.3, 0.4) is 0 Å². The fourth-order valence-electron chi connectivity index (χ4n) is 4.70. The van der Waals surface area contributed by atoms with Gasteiger partial charge < -0.3 is 16.0 Å². The molecule has 12 heteroatoms. The molecular weight excluding hydrogens is 435 g/mol. The molecule has 5 rings (SSSR count). The van der Waals surface area contributed by atoms with E-state index in [0.717, 1.165) is 43.9 Å². The molecule has 2 aliphatic heterocycles. The third-order valence-corrected chi connectivity index (χ3v) is 6.27. The van der Waals surface area contributed by atoms with Crippen molar-refractivity contribution < 1.29 is 13.2 Å². The Kier molecular flexibility index (Phi) is 5.23. The number of piperazine rings is 1. The third kappa shape index (κ3) is 3.80. The van der Waals surface area contributed by atoms with Crippen LogP contribution >= 0.6 is 0 Å². The van der Waals surface area contributed by atoms with E-state index in [1.807, 2.05) is 0 Å². The lowest BCUT2D eigenvalue weighted by molar-refractivity contribution is -0.141. The smallest absolute Gasteiger partial charge is 0.404 e. The van der Waals surface area contributed by atoms with Crippen molar-refractivity contribution >= 4 is 17.7 Å². The number of nitrogens with zero attached hydrogens (tertiary/aromatic N) is 7. The maximum atomic E-state index is 13.2. The zero-order chi connectivity index (χ0) is 23.2. The summed E-state index contributed by atoms with van der Waals surface area (Å²) in [6, 6.07) is 2.07. The number of alkyl halides is 3. The molecule has 33 heavy (non-hydrogen) atoms. The van der Waals surface area contributed by atoms with Gasteiger partial charge in [0.05, 0.1) is 18.4 Å². The Balaban J connectivity index is 1.50. The number of nitrogens with one attached hydrogen (secondary N) is 1. The van der Waals surface area contributed by atoms with E-state index in [4.69, 9.17) is 11.1 Å². The maximum absolute atomic E-state index is 13.2. The molecule has 0 aromatic carbocycles. The maximum Gasteiger partial charge on any atom is 0.434 e. The SMILES string of the molecule is N=CC(=CN)C1CN(c2ccnc(-c3cnc4cnc(C(F)(F)F)cn34)n2)C[C@@H]2CCCN12. The highest BCUT2D eigenvalue weighted by molar-refractivity contribution is 5.77. The Morgan fingerprint density at radius 3 is 2.79 bits per heavy atom. The third-order valence-electron chi connectivity index (χ3n) is 6.27. The lowest BCUT2D eigenvalue weighted by Gasteiger charge is -2.44. The topological polar surface area (TPSA) is 112 Å². The van der Waals surface area contributed by atoms with E-state index in [1.165, 1.54) is 23.0 Å². The first-order chi connectivity index (χ1) is 15.9. The van der Waals surface area contributed by atoms with Crippen molar-refractivity contribution in [3.8, 4) is 11.5 Å². The highest BCUT2D eigenvalue weighted by Crippen LogP contribution is 2.32. The molecular formula is C21H22F3N9. The van der Waals surface area contributed by atoms with Crippen molar-refractivity contribution in [1.82, 2.24) is 29.2 Å². The molecule has 0 amide bonds. The monoisotopic (exact) mass is 457 g/mol. The van der Waals surface area contributed by atoms with Crippen LogP contribution in [0.25, 0.3) is 17.2 Å². The fraction of sp³-hybridized carbons (Fsp3) is 0.381. The number of aromatic nitrogens is 5. The summed E-state index contributed by atoms with van der Waals surface area (Å²) in [6.45, 7) is 2.32. The second kappa shape index (κ2) is 8.10. The van der Waals surface area contributed by atoms with Gasteiger partial charge in [-0.3, -0.25) is 9.30 Å². The highest BCUT2D eigenvalue weighted by atomic mass is 19.4. The Labute approximate surface area is 187 Å². The lowest BCUT2D eigenvalue weighted by Crippen LogP contribution is -2.57. The minimum absolute atomic E-state index is 0.0246. The van der Waals surface area contributed by atoms with Gasteiger partial charge in [0.15, 0.2) is 17.2 Å². The molecule has 172 valence electrons. The van der Waals surface area contributed by atoms with Crippen molar-refractivity contribution in [3.63, 3.8) is 0 Å². The van der Waals surface area contributed by atoms with E-state index in [-0.39, 0.29) is 17.5 Å². The van der Waals surface area contributed by atoms with Gasteiger partial charge in [0.1, 0.15) is 11.5 Å². The highest BCUT2D eigenvalue weighted by Gasteiger charge is 2.39. The first-order valence-electron chi connectivity index (χ1n) is 10.6. The van der Waals surface area contributed by atoms with Crippen LogP contribution in [0.4, 0.5) is 19.0 Å². The Morgan fingerprint density at radius 2 is 2.03 bits per heavy atom. The van der Waals surface area contributed by atoms with Gasteiger partial charge >= 0.3 is 6.18 Å². The van der Waals surface area contributed by atoms with Gasteiger partial charge in [0.2, 0.25) is 0 Å². The van der Waals surface area contributed by atoms with E-state index in [2.05, 4.69) is 29.7 Å². The predicted molar refractivity (Wildman–Crippen MR) is 116 cm³/mol. The van der Waals surface area contributed by atoms with E-state index >= 15 is 0 Å². The first-order valence-corrected chi connectivity index (χ1v) is 10.6. The molecule has 2 atom stereocenters. The molecule has 3 aromatic rings. The van der Waals surface area contributed by atoms with Gasteiger partial charge in [0, 0.05) is 49.5 Å². The lowest BCUT2D eigenvalue weighted by atomic mass is 10.0. The second-order valence-electron chi connectivity index (χ2n) is 8.15. The van der Waals surface area contributed by atoms with Gasteiger partial charge in [-0.2, -0.15) is 13.2 Å². The molecule has 9 nitrogen and oxygen atoms in total. The molecule has 2 fully saturated rings. The van der Waals surface area contributed by atoms with Crippen molar-refractivity contribution in [3.05, 3.63) is 48.3 Å². The zero-order valence-corrected chi connectivity index (χ0v) is 17.6. The number of anilines is 1. The zero-order valence-electron chi connectivity index (χ0n) is 17.6. The largest absolute Gasteiger partial charge is 0.434 e. The van der Waals surface area contributed by atoms with E-state index in [0.29, 0.717) is 24.1 Å². The van der Waals surface area contributed by atoms with E-state index in [1.54, 1.807) is 12.3 Å². The van der Waals surface area contributed by atoms with Crippen molar-refractivity contribution in [1.29, 1.82) is 5.41 Å². The van der Waals surface area contributed by atoms with Crippen molar-refractivity contribution in [2.45, 2.75) is 31.1 Å². The van der Waals surface area contributed by atoms with Crippen LogP contribution in [0, 0.1) is 5.41 Å². The van der Waals surface area contributed by atoms with Crippen LogP contribution in [0.15, 0.2) is 42.6 Å². The number of nitrogens with two attached hydrogens (primary N) is 1. The van der Waals surface area contributed by atoms with Gasteiger partial charge in [-0.15, -0.1) is 0 Å². The van der Waals surface area contributed by atoms with Crippen molar-refractivity contribution in [2.75, 3.05) is 24.5 Å². The molecule has 0 spiro atoms. The molecule has 3 aromatic heterocycles. The molecule has 0 radical (unpaired) electrons. The summed E-state index contributed by atoms with van der Waals surface area (Å²) in [4.78, 5) is 21.1. The molecule has 2 saturated heterocycles. The predicted octanol–water partition coefficient (Wildman–Crippen LogP) is 2.35. The summed E-state index contributed by atoms with van der Waals surface area (Å²) >= 11 is 0. The summed E-state index contributed by atoms with van der Waals surface area (Å²) < 4.78 is 40.8. The quantitative estimate of drug-likeness (QED) is 0.579. The number of hydrogen-bond donors (Lipinski definition) is 2. The number of fused-ring (bicyclic) bond motifs is 2. The Bertz CT molecular complexity index is 1220. The molecule has 0 bridgehead atoms. The minimum Gasteiger partial charge on any atom is -0.404 e. The van der Waals surface area contributed by atoms with Crippen LogP contribution in [-0.2, 0) is 6.18 Å². The normalized spacial score (nSPS) is 22.0. The average Bonchev–Trinajstić information content (AvgIpc) is 3.46. The van der Waals surface area contributed by atoms with Gasteiger partial charge in [-0.05, 0) is 25.5 Å². The molecule has 5 heterocycles. The fourth-order valence-corrected chi connectivity index (χ4v) is 4.70. The van der Waals surface area contributed by atoms with Crippen LogP contribution in [0.2, 0.25) is 0 Å². The summed E-state index contributed by atoms with van der Waals surface area (Å²) in [5.41, 5.74) is 6.13. The molecule has 0 aliphatic carbocycles. The van der Waals surface area contributed by atoms with Crippen molar-refractivity contribution in [2.24, 2.45) is 5.73 Å². The molecule has 1 unspecified atom stereocenters. The van der Waals surface area contributed by atoms with Crippen LogP contribution in [0.5, 0.6) is 0 Å². The Hall–Kier alpha value is -3.54. The van der Waals surface area contributed by atoms with E-state index < -0.39 is 11.9 Å². The average molecular weight is 457 g/mol. The second-order valence-corrected chi connectivity index (χ2v) is 8.15. The van der Waals surface area contributed by atoms with Gasteiger partial charge in [0.25, 0.3) is 0 Å². The first kappa shape index (κ1) is 21.3. The summed E-state index contributed by atoms with van der Waals surface area (Å²) in [5.74, 6) is 0.935. The number of halogens is 3. The van der Waals surface area contributed by atoms with Gasteiger partial charge in [-0.1, -0.05) is 0 Å². The van der Waals surface area contributed by atoms with E-state index in [9.17, 15) is 13.2 Å². The number of imidazole rings is 1. The van der Waals surface area contributed by atoms with Gasteiger partial charge in [-0.25, -0.2) is 19.9 Å². The van der Waals surface area contributed by atoms with Crippen LogP contribution < -0.4 is 10.6 Å². The molecule has 0 saturated carbocycles. The summed E-state index contributed by atoms with van der Waals surface area (Å²) in [7, 11) is 0. The minimum atomic E-state index is -4.57. The standard InChI is InChI=1S/C21H22F3N9/c22-21(23,24)17-12-33-15(8-29-19(33)9-28-17)20-27-4-3-18(30-20)31-10-14-2-1-5-32(14)16(11-31)13(6-25)7-26/h3-4,6-9,12,14,16,25H,1-2,5,10-11,26H2/t14-,16?/m0/s1. The molecule has 3 N–H and O–H groups in total.